The predicted molar refractivity (Wildman–Crippen MR) is 117 cm³/mol. The van der Waals surface area contributed by atoms with E-state index in [1.807, 2.05) is 51.1 Å². The van der Waals surface area contributed by atoms with Gasteiger partial charge in [0.15, 0.2) is 6.61 Å². The number of hydrogen-bond acceptors (Lipinski definition) is 4. The van der Waals surface area contributed by atoms with Crippen molar-refractivity contribution in [3.8, 4) is 0 Å². The Kier molecular flexibility index (Phi) is 8.39. The first-order valence-electron chi connectivity index (χ1n) is 9.33. The van der Waals surface area contributed by atoms with E-state index in [1.165, 1.54) is 0 Å². The molecule has 2 amide bonds. The van der Waals surface area contributed by atoms with Gasteiger partial charge in [0.1, 0.15) is 0 Å². The predicted octanol–water partition coefficient (Wildman–Crippen LogP) is 4.67. The minimum absolute atomic E-state index is 0.0743. The average Bonchev–Trinajstić information content (AvgIpc) is 2.66. The van der Waals surface area contributed by atoms with Crippen molar-refractivity contribution in [3.05, 3.63) is 57.6 Å². The SMILES string of the molecule is Cc1ccc(C)c(NC(=O)CCCC(=O)OCC(=O)Nc2ccc(Br)c(C)c2)c1. The molecule has 0 radical (unpaired) electrons. The molecule has 0 aliphatic rings. The molecule has 0 atom stereocenters. The summed E-state index contributed by atoms with van der Waals surface area (Å²) in [4.78, 5) is 35.7. The fraction of sp³-hybridized carbons (Fsp3) is 0.318. The zero-order valence-electron chi connectivity index (χ0n) is 16.8. The van der Waals surface area contributed by atoms with Crippen LogP contribution in [-0.2, 0) is 19.1 Å². The molecule has 2 N–H and O–H groups in total. The van der Waals surface area contributed by atoms with Gasteiger partial charge in [-0.3, -0.25) is 14.4 Å². The third-order valence-electron chi connectivity index (χ3n) is 4.26. The quantitative estimate of drug-likeness (QED) is 0.560. The van der Waals surface area contributed by atoms with E-state index < -0.39 is 11.9 Å². The van der Waals surface area contributed by atoms with Gasteiger partial charge in [0.25, 0.3) is 5.91 Å². The highest BCUT2D eigenvalue weighted by molar-refractivity contribution is 9.10. The summed E-state index contributed by atoms with van der Waals surface area (Å²) in [5.41, 5.74) is 4.44. The maximum absolute atomic E-state index is 12.0. The highest BCUT2D eigenvalue weighted by Gasteiger charge is 2.11. The van der Waals surface area contributed by atoms with Gasteiger partial charge in [0, 0.05) is 28.7 Å². The van der Waals surface area contributed by atoms with Crippen molar-refractivity contribution in [1.82, 2.24) is 0 Å². The number of hydrogen-bond donors (Lipinski definition) is 2. The lowest BCUT2D eigenvalue weighted by Crippen LogP contribution is -2.21. The second-order valence-corrected chi connectivity index (χ2v) is 7.75. The molecule has 7 heteroatoms. The summed E-state index contributed by atoms with van der Waals surface area (Å²) in [5, 5.41) is 5.53. The number of carbonyl (C=O) groups excluding carboxylic acids is 3. The van der Waals surface area contributed by atoms with Crippen LogP contribution in [0, 0.1) is 20.8 Å². The van der Waals surface area contributed by atoms with Crippen LogP contribution in [-0.4, -0.2) is 24.4 Å². The molecule has 2 aromatic carbocycles. The monoisotopic (exact) mass is 460 g/mol. The van der Waals surface area contributed by atoms with E-state index in [-0.39, 0.29) is 25.4 Å². The molecule has 0 spiro atoms. The van der Waals surface area contributed by atoms with Crippen LogP contribution in [0.5, 0.6) is 0 Å². The Morgan fingerprint density at radius 2 is 1.66 bits per heavy atom. The molecule has 0 aromatic heterocycles. The van der Waals surface area contributed by atoms with Crippen molar-refractivity contribution in [2.45, 2.75) is 40.0 Å². The molecule has 0 unspecified atom stereocenters. The smallest absolute Gasteiger partial charge is 0.306 e. The number of anilines is 2. The summed E-state index contributed by atoms with van der Waals surface area (Å²) in [5.74, 6) is -1.07. The van der Waals surface area contributed by atoms with Crippen molar-refractivity contribution in [2.24, 2.45) is 0 Å². The molecule has 0 aliphatic carbocycles. The second-order valence-electron chi connectivity index (χ2n) is 6.89. The molecule has 0 bridgehead atoms. The van der Waals surface area contributed by atoms with E-state index in [2.05, 4.69) is 26.6 Å². The maximum Gasteiger partial charge on any atom is 0.306 e. The highest BCUT2D eigenvalue weighted by Crippen LogP contribution is 2.20. The Morgan fingerprint density at radius 1 is 0.897 bits per heavy atom. The van der Waals surface area contributed by atoms with Crippen molar-refractivity contribution in [2.75, 3.05) is 17.2 Å². The van der Waals surface area contributed by atoms with Gasteiger partial charge in [0.05, 0.1) is 0 Å². The summed E-state index contributed by atoms with van der Waals surface area (Å²) in [6, 6.07) is 11.2. The summed E-state index contributed by atoms with van der Waals surface area (Å²) in [6.07, 6.45) is 0.626. The zero-order valence-corrected chi connectivity index (χ0v) is 18.4. The summed E-state index contributed by atoms with van der Waals surface area (Å²) >= 11 is 3.39. The van der Waals surface area contributed by atoms with E-state index in [0.717, 1.165) is 26.9 Å². The van der Waals surface area contributed by atoms with Crippen molar-refractivity contribution in [3.63, 3.8) is 0 Å². The van der Waals surface area contributed by atoms with Gasteiger partial charge >= 0.3 is 5.97 Å². The van der Waals surface area contributed by atoms with Gasteiger partial charge < -0.3 is 15.4 Å². The number of halogens is 1. The minimum atomic E-state index is -0.508. The normalized spacial score (nSPS) is 10.3. The van der Waals surface area contributed by atoms with Gasteiger partial charge in [-0.1, -0.05) is 28.1 Å². The third-order valence-corrected chi connectivity index (χ3v) is 5.15. The number of carbonyl (C=O) groups is 3. The summed E-state index contributed by atoms with van der Waals surface area (Å²) in [6.45, 7) is 5.44. The van der Waals surface area contributed by atoms with E-state index >= 15 is 0 Å². The first kappa shape index (κ1) is 22.6. The van der Waals surface area contributed by atoms with Crippen LogP contribution in [0.25, 0.3) is 0 Å². The molecule has 0 aliphatic heterocycles. The lowest BCUT2D eigenvalue weighted by Gasteiger charge is -2.10. The number of rotatable bonds is 8. The van der Waals surface area contributed by atoms with Crippen LogP contribution in [0.3, 0.4) is 0 Å². The molecule has 0 fully saturated rings. The average molecular weight is 461 g/mol. The minimum Gasteiger partial charge on any atom is -0.456 e. The number of ether oxygens (including phenoxy) is 1. The number of nitrogens with one attached hydrogen (secondary N) is 2. The van der Waals surface area contributed by atoms with Crippen LogP contribution >= 0.6 is 15.9 Å². The van der Waals surface area contributed by atoms with Gasteiger partial charge in [-0.15, -0.1) is 0 Å². The standard InChI is InChI=1S/C22H25BrN2O4/c1-14-7-8-15(2)19(11-14)25-20(26)5-4-6-22(28)29-13-21(27)24-17-9-10-18(23)16(3)12-17/h7-12H,4-6,13H2,1-3H3,(H,24,27)(H,25,26). The Labute approximate surface area is 179 Å². The Bertz CT molecular complexity index is 912. The molecular formula is C22H25BrN2O4. The summed E-state index contributed by atoms with van der Waals surface area (Å²) in [7, 11) is 0. The third kappa shape index (κ3) is 7.69. The Morgan fingerprint density at radius 3 is 2.38 bits per heavy atom. The van der Waals surface area contributed by atoms with Crippen molar-refractivity contribution in [1.29, 1.82) is 0 Å². The molecule has 0 saturated heterocycles. The molecule has 29 heavy (non-hydrogen) atoms. The molecular weight excluding hydrogens is 436 g/mol. The van der Waals surface area contributed by atoms with Crippen molar-refractivity contribution >= 4 is 45.1 Å². The first-order valence-corrected chi connectivity index (χ1v) is 10.1. The topological polar surface area (TPSA) is 84.5 Å². The van der Waals surface area contributed by atoms with Crippen LogP contribution in [0.1, 0.15) is 36.0 Å². The van der Waals surface area contributed by atoms with Gasteiger partial charge in [-0.2, -0.15) is 0 Å². The molecule has 154 valence electrons. The number of amides is 2. The summed E-state index contributed by atoms with van der Waals surface area (Å²) < 4.78 is 5.92. The molecule has 6 nitrogen and oxygen atoms in total. The highest BCUT2D eigenvalue weighted by atomic mass is 79.9. The van der Waals surface area contributed by atoms with E-state index in [4.69, 9.17) is 4.74 Å². The van der Waals surface area contributed by atoms with Crippen LogP contribution in [0.4, 0.5) is 11.4 Å². The van der Waals surface area contributed by atoms with E-state index in [1.54, 1.807) is 6.07 Å². The Hall–Kier alpha value is -2.67. The molecule has 0 heterocycles. The fourth-order valence-electron chi connectivity index (χ4n) is 2.61. The van der Waals surface area contributed by atoms with Crippen LogP contribution < -0.4 is 10.6 Å². The van der Waals surface area contributed by atoms with E-state index in [9.17, 15) is 14.4 Å². The molecule has 2 rings (SSSR count). The van der Waals surface area contributed by atoms with E-state index in [0.29, 0.717) is 12.1 Å². The maximum atomic E-state index is 12.0. The Balaban J connectivity index is 1.67. The molecule has 0 saturated carbocycles. The van der Waals surface area contributed by atoms with Gasteiger partial charge in [0.2, 0.25) is 5.91 Å². The van der Waals surface area contributed by atoms with Gasteiger partial charge in [-0.05, 0) is 68.1 Å². The number of esters is 1. The first-order chi connectivity index (χ1) is 13.7. The zero-order chi connectivity index (χ0) is 21.4. The van der Waals surface area contributed by atoms with Crippen LogP contribution in [0.2, 0.25) is 0 Å². The van der Waals surface area contributed by atoms with Crippen LogP contribution in [0.15, 0.2) is 40.9 Å². The van der Waals surface area contributed by atoms with Crippen molar-refractivity contribution < 1.29 is 19.1 Å². The number of benzene rings is 2. The molecule has 2 aromatic rings. The number of aryl methyl sites for hydroxylation is 3. The second kappa shape index (κ2) is 10.8. The van der Waals surface area contributed by atoms with Gasteiger partial charge in [-0.25, -0.2) is 0 Å². The lowest BCUT2D eigenvalue weighted by molar-refractivity contribution is -0.147. The lowest BCUT2D eigenvalue weighted by atomic mass is 10.1. The largest absolute Gasteiger partial charge is 0.456 e. The fourth-order valence-corrected chi connectivity index (χ4v) is 2.86.